The van der Waals surface area contributed by atoms with Gasteiger partial charge in [0.15, 0.2) is 0 Å². The van der Waals surface area contributed by atoms with Crippen molar-refractivity contribution in [3.05, 3.63) is 18.0 Å². The van der Waals surface area contributed by atoms with Gasteiger partial charge >= 0.3 is 0 Å². The molecule has 0 aliphatic carbocycles. The average molecular weight is 139 g/mol. The maximum atomic E-state index is 7.40. The molecule has 0 aliphatic rings. The molecule has 1 rings (SSSR count). The van der Waals surface area contributed by atoms with E-state index in [0.29, 0.717) is 5.69 Å². The first-order valence-electron chi connectivity index (χ1n) is 4.13. The van der Waals surface area contributed by atoms with E-state index in [1.54, 1.807) is 0 Å². The summed E-state index contributed by atoms with van der Waals surface area (Å²) in [5.41, 5.74) is 5.83. The summed E-state index contributed by atoms with van der Waals surface area (Å²) in [6.45, 7) is 3.80. The molecule has 0 saturated carbocycles. The average Bonchev–Trinajstić information content (AvgIpc) is 1.96. The molecule has 0 atom stereocenters. The summed E-state index contributed by atoms with van der Waals surface area (Å²) in [6, 6.07) is 0. The lowest BCUT2D eigenvalue weighted by Gasteiger charge is -2.01. The van der Waals surface area contributed by atoms with E-state index in [9.17, 15) is 0 Å². The van der Waals surface area contributed by atoms with Gasteiger partial charge in [-0.05, 0) is 5.92 Å². The second-order valence-electron chi connectivity index (χ2n) is 2.37. The zero-order valence-electron chi connectivity index (χ0n) is 8.05. The van der Waals surface area contributed by atoms with Gasteiger partial charge in [0.2, 0.25) is 0 Å². The third kappa shape index (κ3) is 1.43. The Balaban J connectivity index is 3.23. The van der Waals surface area contributed by atoms with E-state index in [0.717, 1.165) is 0 Å². The lowest BCUT2D eigenvalue weighted by molar-refractivity contribution is 0.813. The van der Waals surface area contributed by atoms with Crippen LogP contribution in [0, 0.1) is 0 Å². The minimum Gasteiger partial charge on any atom is -0.382 e. The Bertz CT molecular complexity index is 299. The highest BCUT2D eigenvalue weighted by Crippen LogP contribution is 2.08. The van der Waals surface area contributed by atoms with Crippen LogP contribution in [0.1, 0.15) is 28.2 Å². The van der Waals surface area contributed by atoms with Crippen LogP contribution in [-0.2, 0) is 0 Å². The number of nitrogens with two attached hydrogens (primary N) is 1. The van der Waals surface area contributed by atoms with Gasteiger partial charge in [-0.1, -0.05) is 13.8 Å². The first kappa shape index (κ1) is 4.66. The van der Waals surface area contributed by atoms with Crippen molar-refractivity contribution in [3.63, 3.8) is 0 Å². The number of anilines is 1. The van der Waals surface area contributed by atoms with Gasteiger partial charge < -0.3 is 5.73 Å². The molecule has 3 nitrogen and oxygen atoms in total. The molecule has 0 bridgehead atoms. The van der Waals surface area contributed by atoms with Gasteiger partial charge in [-0.3, -0.25) is 4.98 Å². The molecule has 0 amide bonds. The molecule has 2 N–H and O–H groups in total. The molecule has 0 aromatic carbocycles. The summed E-state index contributed by atoms with van der Waals surface area (Å²) >= 11 is 0. The van der Waals surface area contributed by atoms with Crippen molar-refractivity contribution < 1.29 is 2.74 Å². The van der Waals surface area contributed by atoms with Crippen LogP contribution in [0.4, 0.5) is 5.82 Å². The monoisotopic (exact) mass is 139 g/mol. The van der Waals surface area contributed by atoms with Gasteiger partial charge in [0.25, 0.3) is 0 Å². The van der Waals surface area contributed by atoms with E-state index in [1.165, 1.54) is 0 Å². The Kier molecular flexibility index (Phi) is 1.23. The van der Waals surface area contributed by atoms with E-state index in [4.69, 9.17) is 8.48 Å². The second kappa shape index (κ2) is 2.64. The second-order valence-corrected chi connectivity index (χ2v) is 2.37. The van der Waals surface area contributed by atoms with Crippen molar-refractivity contribution in [3.8, 4) is 0 Å². The summed E-state index contributed by atoms with van der Waals surface area (Å²) in [6.07, 6.45) is 0.0215. The topological polar surface area (TPSA) is 51.8 Å². The SMILES string of the molecule is [2H]c1nc(C(C)C)c([2H])nc1N. The Morgan fingerprint density at radius 2 is 2.20 bits per heavy atom. The molecule has 54 valence electrons. The van der Waals surface area contributed by atoms with Crippen LogP contribution in [0.15, 0.2) is 12.3 Å². The first-order valence-corrected chi connectivity index (χ1v) is 3.13. The minimum atomic E-state index is -0.0466. The van der Waals surface area contributed by atoms with E-state index in [-0.39, 0.29) is 24.1 Å². The lowest BCUT2D eigenvalue weighted by atomic mass is 10.1. The Hall–Kier alpha value is -1.12. The molecule has 0 saturated heterocycles. The van der Waals surface area contributed by atoms with Gasteiger partial charge in [0.05, 0.1) is 20.8 Å². The van der Waals surface area contributed by atoms with Crippen molar-refractivity contribution >= 4 is 5.82 Å². The molecular weight excluding hydrogens is 126 g/mol. The van der Waals surface area contributed by atoms with E-state index in [2.05, 4.69) is 9.97 Å². The van der Waals surface area contributed by atoms with Crippen LogP contribution in [0.5, 0.6) is 0 Å². The van der Waals surface area contributed by atoms with Crippen LogP contribution in [0.2, 0.25) is 0 Å². The molecule has 0 radical (unpaired) electrons. The van der Waals surface area contributed by atoms with E-state index in [1.807, 2.05) is 13.8 Å². The summed E-state index contributed by atoms with van der Waals surface area (Å²) in [7, 11) is 0. The van der Waals surface area contributed by atoms with Crippen LogP contribution in [-0.4, -0.2) is 9.97 Å². The van der Waals surface area contributed by atoms with Crippen molar-refractivity contribution in [2.45, 2.75) is 19.8 Å². The lowest BCUT2D eigenvalue weighted by Crippen LogP contribution is -1.96. The number of nitrogens with zero attached hydrogens (tertiary/aromatic N) is 2. The smallest absolute Gasteiger partial charge is 0.141 e. The first-order chi connectivity index (χ1) is 5.52. The Morgan fingerprint density at radius 3 is 2.80 bits per heavy atom. The molecule has 0 spiro atoms. The largest absolute Gasteiger partial charge is 0.382 e. The Morgan fingerprint density at radius 1 is 1.50 bits per heavy atom. The molecule has 10 heavy (non-hydrogen) atoms. The van der Waals surface area contributed by atoms with Crippen LogP contribution in [0.3, 0.4) is 0 Å². The van der Waals surface area contributed by atoms with Gasteiger partial charge in [-0.2, -0.15) is 0 Å². The van der Waals surface area contributed by atoms with E-state index >= 15 is 0 Å². The fourth-order valence-electron chi connectivity index (χ4n) is 0.543. The molecule has 1 aromatic rings. The zero-order valence-corrected chi connectivity index (χ0v) is 6.05. The molecule has 1 aromatic heterocycles. The highest BCUT2D eigenvalue weighted by Gasteiger charge is 1.98. The van der Waals surface area contributed by atoms with Gasteiger partial charge in [-0.25, -0.2) is 4.98 Å². The van der Waals surface area contributed by atoms with E-state index < -0.39 is 0 Å². The summed E-state index contributed by atoms with van der Waals surface area (Å²) in [5, 5.41) is 0. The summed E-state index contributed by atoms with van der Waals surface area (Å²) in [5.74, 6) is 0.124. The van der Waals surface area contributed by atoms with Crippen molar-refractivity contribution in [1.82, 2.24) is 9.97 Å². The predicted molar refractivity (Wildman–Crippen MR) is 40.5 cm³/mol. The number of nitrogen functional groups attached to an aromatic ring is 1. The highest BCUT2D eigenvalue weighted by molar-refractivity contribution is 5.23. The van der Waals surface area contributed by atoms with Gasteiger partial charge in [-0.15, -0.1) is 0 Å². The third-order valence-corrected chi connectivity index (χ3v) is 1.13. The molecule has 0 aliphatic heterocycles. The van der Waals surface area contributed by atoms with Crippen LogP contribution < -0.4 is 5.73 Å². The number of rotatable bonds is 1. The quantitative estimate of drug-likeness (QED) is 0.635. The highest BCUT2D eigenvalue weighted by atomic mass is 14.9. The zero-order chi connectivity index (χ0) is 9.30. The Labute approximate surface area is 63.1 Å². The van der Waals surface area contributed by atoms with Gasteiger partial charge in [0.1, 0.15) is 5.82 Å². The summed E-state index contributed by atoms with van der Waals surface area (Å²) in [4.78, 5) is 7.55. The van der Waals surface area contributed by atoms with Crippen LogP contribution >= 0.6 is 0 Å². The fraction of sp³-hybridized carbons (Fsp3) is 0.429. The van der Waals surface area contributed by atoms with Crippen LogP contribution in [0.25, 0.3) is 0 Å². The molecular formula is C7H11N3. The number of aromatic nitrogens is 2. The van der Waals surface area contributed by atoms with Crippen molar-refractivity contribution in [1.29, 1.82) is 0 Å². The van der Waals surface area contributed by atoms with Gasteiger partial charge in [0, 0.05) is 0 Å². The predicted octanol–water partition coefficient (Wildman–Crippen LogP) is 1.18. The molecule has 0 fully saturated rings. The van der Waals surface area contributed by atoms with Crippen molar-refractivity contribution in [2.24, 2.45) is 0 Å². The maximum Gasteiger partial charge on any atom is 0.141 e. The summed E-state index contributed by atoms with van der Waals surface area (Å²) < 4.78 is 14.7. The third-order valence-electron chi connectivity index (χ3n) is 1.13. The molecule has 0 unspecified atom stereocenters. The standard InChI is InChI=1S/C7H11N3/c1-5(2)6-3-10-7(8)4-9-6/h3-5H,1-2H3,(H2,8,10)/i3D,4D. The maximum absolute atomic E-state index is 7.40. The minimum absolute atomic E-state index is 0.0180. The normalized spacial score (nSPS) is 13.1. The number of hydrogen-bond acceptors (Lipinski definition) is 3. The van der Waals surface area contributed by atoms with Crippen molar-refractivity contribution in [2.75, 3.05) is 5.73 Å². The number of hydrogen-bond donors (Lipinski definition) is 1. The molecule has 3 heteroatoms. The molecule has 1 heterocycles. The fourth-order valence-corrected chi connectivity index (χ4v) is 0.543.